The van der Waals surface area contributed by atoms with Gasteiger partial charge in [0.25, 0.3) is 0 Å². The molecule has 0 aliphatic rings. The normalized spacial score (nSPS) is 9.79. The Morgan fingerprint density at radius 3 is 2.50 bits per heavy atom. The maximum atomic E-state index is 4.18. The maximum absolute atomic E-state index is 4.18. The van der Waals surface area contributed by atoms with Gasteiger partial charge in [-0.2, -0.15) is 5.10 Å². The predicted molar refractivity (Wildman–Crippen MR) is 60.1 cm³/mol. The van der Waals surface area contributed by atoms with E-state index < -0.39 is 0 Å². The number of fused-ring (bicyclic) bond motifs is 1. The van der Waals surface area contributed by atoms with Crippen LogP contribution in [0.15, 0.2) is 10.9 Å². The Kier molecular flexibility index (Phi) is 3.57. The molecule has 5 heteroatoms. The van der Waals surface area contributed by atoms with E-state index in [2.05, 4.69) is 31.0 Å². The first-order chi connectivity index (χ1) is 6.70. The summed E-state index contributed by atoms with van der Waals surface area (Å²) in [6.45, 7) is 5.94. The standard InChI is InChI=1S/C7H7BrN4.C2H6/c1-4-6-5(10-3-9-4)7(8)11-12(6)2;1-2/h3H,1-2H3;1-2H3. The fourth-order valence-electron chi connectivity index (χ4n) is 1.23. The van der Waals surface area contributed by atoms with Crippen molar-refractivity contribution in [3.63, 3.8) is 0 Å². The number of rotatable bonds is 0. The molecule has 2 rings (SSSR count). The topological polar surface area (TPSA) is 43.6 Å². The van der Waals surface area contributed by atoms with Gasteiger partial charge in [0, 0.05) is 7.05 Å². The number of aromatic nitrogens is 4. The van der Waals surface area contributed by atoms with Crippen molar-refractivity contribution in [2.45, 2.75) is 20.8 Å². The summed E-state index contributed by atoms with van der Waals surface area (Å²) < 4.78 is 2.54. The van der Waals surface area contributed by atoms with Gasteiger partial charge in [-0.25, -0.2) is 9.97 Å². The van der Waals surface area contributed by atoms with Crippen LogP contribution in [-0.2, 0) is 7.05 Å². The van der Waals surface area contributed by atoms with Crippen LogP contribution in [0.5, 0.6) is 0 Å². The zero-order valence-corrected chi connectivity index (χ0v) is 10.3. The molecule has 76 valence electrons. The first kappa shape index (κ1) is 11.1. The predicted octanol–water partition coefficient (Wildman–Crippen LogP) is 2.46. The molecule has 14 heavy (non-hydrogen) atoms. The van der Waals surface area contributed by atoms with E-state index >= 15 is 0 Å². The Balaban J connectivity index is 0.000000461. The van der Waals surface area contributed by atoms with E-state index in [-0.39, 0.29) is 0 Å². The molecule has 0 aliphatic heterocycles. The van der Waals surface area contributed by atoms with Gasteiger partial charge in [-0.05, 0) is 22.9 Å². The first-order valence-corrected chi connectivity index (χ1v) is 5.29. The molecular formula is C9H13BrN4. The highest BCUT2D eigenvalue weighted by Crippen LogP contribution is 2.20. The molecule has 0 saturated heterocycles. The van der Waals surface area contributed by atoms with Crippen LogP contribution in [0.2, 0.25) is 0 Å². The minimum Gasteiger partial charge on any atom is -0.263 e. The molecule has 0 atom stereocenters. The second-order valence-electron chi connectivity index (χ2n) is 2.57. The van der Waals surface area contributed by atoms with Gasteiger partial charge in [0.05, 0.1) is 5.69 Å². The second-order valence-corrected chi connectivity index (χ2v) is 3.32. The number of nitrogens with zero attached hydrogens (tertiary/aromatic N) is 4. The van der Waals surface area contributed by atoms with Gasteiger partial charge >= 0.3 is 0 Å². The lowest BCUT2D eigenvalue weighted by molar-refractivity contribution is 0.784. The second kappa shape index (κ2) is 4.50. The average Bonchev–Trinajstić information content (AvgIpc) is 2.47. The smallest absolute Gasteiger partial charge is 0.154 e. The molecule has 2 aromatic heterocycles. The Morgan fingerprint density at radius 1 is 1.29 bits per heavy atom. The third-order valence-electron chi connectivity index (χ3n) is 1.76. The minimum absolute atomic E-state index is 0.769. The minimum atomic E-state index is 0.769. The lowest BCUT2D eigenvalue weighted by Crippen LogP contribution is -1.93. The zero-order chi connectivity index (χ0) is 10.7. The van der Waals surface area contributed by atoms with E-state index in [1.807, 2.05) is 27.8 Å². The molecule has 0 saturated carbocycles. The summed E-state index contributed by atoms with van der Waals surface area (Å²) in [4.78, 5) is 8.21. The number of aryl methyl sites for hydroxylation is 2. The maximum Gasteiger partial charge on any atom is 0.154 e. The highest BCUT2D eigenvalue weighted by Gasteiger charge is 2.09. The Labute approximate surface area is 91.5 Å². The van der Waals surface area contributed by atoms with Gasteiger partial charge in [0.15, 0.2) is 4.60 Å². The summed E-state index contributed by atoms with van der Waals surface area (Å²) in [6, 6.07) is 0. The van der Waals surface area contributed by atoms with Crippen molar-refractivity contribution >= 4 is 27.0 Å². The van der Waals surface area contributed by atoms with Crippen LogP contribution in [0, 0.1) is 6.92 Å². The molecule has 2 heterocycles. The Morgan fingerprint density at radius 2 is 1.93 bits per heavy atom. The highest BCUT2D eigenvalue weighted by molar-refractivity contribution is 9.10. The van der Waals surface area contributed by atoms with Crippen LogP contribution in [0.3, 0.4) is 0 Å². The molecule has 0 unspecified atom stereocenters. The summed E-state index contributed by atoms with van der Waals surface area (Å²) in [5.74, 6) is 0. The van der Waals surface area contributed by atoms with Crippen molar-refractivity contribution < 1.29 is 0 Å². The molecule has 0 spiro atoms. The SMILES string of the molecule is CC.Cc1ncnc2c(Br)nn(C)c12. The van der Waals surface area contributed by atoms with Crippen LogP contribution in [0.25, 0.3) is 11.0 Å². The van der Waals surface area contributed by atoms with E-state index in [9.17, 15) is 0 Å². The molecule has 0 bridgehead atoms. The van der Waals surface area contributed by atoms with Crippen molar-refractivity contribution in [3.05, 3.63) is 16.6 Å². The van der Waals surface area contributed by atoms with Crippen molar-refractivity contribution in [1.82, 2.24) is 19.7 Å². The monoisotopic (exact) mass is 256 g/mol. The van der Waals surface area contributed by atoms with Crippen LogP contribution < -0.4 is 0 Å². The van der Waals surface area contributed by atoms with Crippen LogP contribution in [0.4, 0.5) is 0 Å². The quantitative estimate of drug-likeness (QED) is 0.728. The summed E-state index contributed by atoms with van der Waals surface area (Å²) >= 11 is 3.33. The molecule has 0 aliphatic carbocycles. The Hall–Kier alpha value is -0.970. The van der Waals surface area contributed by atoms with E-state index in [1.54, 1.807) is 11.0 Å². The van der Waals surface area contributed by atoms with Gasteiger partial charge in [0.1, 0.15) is 17.4 Å². The van der Waals surface area contributed by atoms with Crippen molar-refractivity contribution in [1.29, 1.82) is 0 Å². The molecule has 0 N–H and O–H groups in total. The Bertz CT molecular complexity index is 436. The molecular weight excluding hydrogens is 244 g/mol. The molecule has 0 aromatic carbocycles. The van der Waals surface area contributed by atoms with Gasteiger partial charge in [0.2, 0.25) is 0 Å². The molecule has 0 radical (unpaired) electrons. The van der Waals surface area contributed by atoms with E-state index in [1.165, 1.54) is 0 Å². The number of hydrogen-bond donors (Lipinski definition) is 0. The molecule has 2 aromatic rings. The third-order valence-corrected chi connectivity index (χ3v) is 2.30. The summed E-state index contributed by atoms with van der Waals surface area (Å²) in [5.41, 5.74) is 2.79. The van der Waals surface area contributed by atoms with Gasteiger partial charge in [-0.15, -0.1) is 0 Å². The fourth-order valence-corrected chi connectivity index (χ4v) is 1.76. The first-order valence-electron chi connectivity index (χ1n) is 4.50. The number of halogens is 1. The van der Waals surface area contributed by atoms with Crippen LogP contribution in [-0.4, -0.2) is 19.7 Å². The highest BCUT2D eigenvalue weighted by atomic mass is 79.9. The zero-order valence-electron chi connectivity index (χ0n) is 8.74. The van der Waals surface area contributed by atoms with Crippen molar-refractivity contribution in [3.8, 4) is 0 Å². The van der Waals surface area contributed by atoms with E-state index in [0.29, 0.717) is 0 Å². The summed E-state index contributed by atoms with van der Waals surface area (Å²) in [6.07, 6.45) is 1.55. The fraction of sp³-hybridized carbons (Fsp3) is 0.444. The van der Waals surface area contributed by atoms with E-state index in [4.69, 9.17) is 0 Å². The average molecular weight is 257 g/mol. The van der Waals surface area contributed by atoms with Crippen molar-refractivity contribution in [2.75, 3.05) is 0 Å². The van der Waals surface area contributed by atoms with E-state index in [0.717, 1.165) is 21.3 Å². The summed E-state index contributed by atoms with van der Waals surface area (Å²) in [5, 5.41) is 4.18. The third kappa shape index (κ3) is 1.77. The molecule has 0 amide bonds. The van der Waals surface area contributed by atoms with Gasteiger partial charge in [-0.3, -0.25) is 4.68 Å². The van der Waals surface area contributed by atoms with Crippen LogP contribution >= 0.6 is 15.9 Å². The largest absolute Gasteiger partial charge is 0.263 e. The number of hydrogen-bond acceptors (Lipinski definition) is 3. The summed E-state index contributed by atoms with van der Waals surface area (Å²) in [7, 11) is 1.88. The van der Waals surface area contributed by atoms with Gasteiger partial charge < -0.3 is 0 Å². The van der Waals surface area contributed by atoms with Crippen molar-refractivity contribution in [2.24, 2.45) is 7.05 Å². The molecule has 0 fully saturated rings. The lowest BCUT2D eigenvalue weighted by atomic mass is 10.3. The molecule has 4 nitrogen and oxygen atoms in total. The van der Waals surface area contributed by atoms with Gasteiger partial charge in [-0.1, -0.05) is 13.8 Å². The van der Waals surface area contributed by atoms with Crippen LogP contribution in [0.1, 0.15) is 19.5 Å². The lowest BCUT2D eigenvalue weighted by Gasteiger charge is -1.95.